The van der Waals surface area contributed by atoms with Crippen LogP contribution in [0.25, 0.3) is 16.2 Å². The van der Waals surface area contributed by atoms with Crippen molar-refractivity contribution in [3.8, 4) is 0 Å². The van der Waals surface area contributed by atoms with Gasteiger partial charge in [-0.2, -0.15) is 4.37 Å². The van der Waals surface area contributed by atoms with Gasteiger partial charge in [0.15, 0.2) is 0 Å². The van der Waals surface area contributed by atoms with Gasteiger partial charge in [-0.15, -0.1) is 0 Å². The number of carbonyl (C=O) groups excluding carboxylic acids is 1. The molecule has 32 heavy (non-hydrogen) atoms. The van der Waals surface area contributed by atoms with Crippen LogP contribution in [-0.4, -0.2) is 65.9 Å². The van der Waals surface area contributed by atoms with Gasteiger partial charge >= 0.3 is 0 Å². The Morgan fingerprint density at radius 1 is 1.00 bits per heavy atom. The molecule has 3 heterocycles. The van der Waals surface area contributed by atoms with Gasteiger partial charge in [-0.3, -0.25) is 9.69 Å². The molecule has 1 atom stereocenters. The average Bonchev–Trinajstić information content (AvgIpc) is 3.50. The average molecular weight is 447 g/mol. The van der Waals surface area contributed by atoms with Crippen LogP contribution >= 0.6 is 11.5 Å². The number of hydrogen-bond donors (Lipinski definition) is 0. The van der Waals surface area contributed by atoms with E-state index < -0.39 is 0 Å². The predicted molar refractivity (Wildman–Crippen MR) is 133 cm³/mol. The number of rotatable bonds is 6. The zero-order valence-corrected chi connectivity index (χ0v) is 19.2. The number of carbonyl (C=O) groups is 1. The molecule has 5 nitrogen and oxygen atoms in total. The van der Waals surface area contributed by atoms with E-state index in [1.807, 2.05) is 41.3 Å². The van der Waals surface area contributed by atoms with E-state index in [-0.39, 0.29) is 5.91 Å². The molecule has 0 spiro atoms. The molecule has 0 bridgehead atoms. The van der Waals surface area contributed by atoms with Crippen LogP contribution in [0.3, 0.4) is 0 Å². The summed E-state index contributed by atoms with van der Waals surface area (Å²) in [5.41, 5.74) is 1.07. The molecule has 1 amide bonds. The van der Waals surface area contributed by atoms with Crippen molar-refractivity contribution in [1.82, 2.24) is 14.2 Å². The SMILES string of the molecule is O=C(/C=C/c1ccccc1)N1CC[C@@H](CCN2CCN(c3nsc4ccccc34)CC2)C1. The molecule has 5 rings (SSSR count). The van der Waals surface area contributed by atoms with E-state index in [1.54, 1.807) is 17.6 Å². The maximum atomic E-state index is 12.5. The summed E-state index contributed by atoms with van der Waals surface area (Å²) in [6.07, 6.45) is 5.93. The van der Waals surface area contributed by atoms with Gasteiger partial charge in [0.1, 0.15) is 5.82 Å². The summed E-state index contributed by atoms with van der Waals surface area (Å²) in [6.45, 7) is 7.14. The molecule has 2 aliphatic rings. The normalized spacial score (nSPS) is 19.9. The van der Waals surface area contributed by atoms with Gasteiger partial charge in [0.05, 0.1) is 4.70 Å². The molecule has 0 saturated carbocycles. The van der Waals surface area contributed by atoms with Crippen molar-refractivity contribution in [1.29, 1.82) is 0 Å². The molecule has 3 aromatic rings. The lowest BCUT2D eigenvalue weighted by molar-refractivity contribution is -0.125. The minimum Gasteiger partial charge on any atom is -0.353 e. The number of piperazine rings is 1. The molecule has 2 aliphatic heterocycles. The molecule has 6 heteroatoms. The Balaban J connectivity index is 1.06. The molecular formula is C26H30N4OS. The standard InChI is InChI=1S/C26H30N4OS/c31-25(11-10-21-6-2-1-3-7-21)30-15-13-22(20-30)12-14-28-16-18-29(19-17-28)26-23-8-4-5-9-24(23)32-27-26/h1-11,22H,12-20H2/b11-10+/t22-/m1/s1. The maximum absolute atomic E-state index is 12.5. The number of likely N-dealkylation sites (tertiary alicyclic amines) is 1. The molecule has 2 aromatic carbocycles. The fraction of sp³-hybridized carbons (Fsp3) is 0.385. The summed E-state index contributed by atoms with van der Waals surface area (Å²) < 4.78 is 5.99. The second kappa shape index (κ2) is 9.84. The molecule has 0 N–H and O–H groups in total. The second-order valence-corrected chi connectivity index (χ2v) is 9.61. The van der Waals surface area contributed by atoms with Gasteiger partial charge in [-0.25, -0.2) is 0 Å². The molecule has 166 valence electrons. The van der Waals surface area contributed by atoms with Crippen molar-refractivity contribution in [3.63, 3.8) is 0 Å². The zero-order valence-electron chi connectivity index (χ0n) is 18.4. The Bertz CT molecular complexity index is 1070. The fourth-order valence-electron chi connectivity index (χ4n) is 4.75. The monoisotopic (exact) mass is 446 g/mol. The molecule has 0 aliphatic carbocycles. The van der Waals surface area contributed by atoms with Crippen LogP contribution in [0.4, 0.5) is 5.82 Å². The van der Waals surface area contributed by atoms with E-state index in [1.165, 1.54) is 16.5 Å². The largest absolute Gasteiger partial charge is 0.353 e. The summed E-state index contributed by atoms with van der Waals surface area (Å²) in [5, 5.41) is 1.28. The van der Waals surface area contributed by atoms with Gasteiger partial charge in [-0.1, -0.05) is 42.5 Å². The molecule has 0 unspecified atom stereocenters. The van der Waals surface area contributed by atoms with Gasteiger partial charge in [0, 0.05) is 50.7 Å². The summed E-state index contributed by atoms with van der Waals surface area (Å²) >= 11 is 1.60. The van der Waals surface area contributed by atoms with Crippen LogP contribution in [0.15, 0.2) is 60.7 Å². The van der Waals surface area contributed by atoms with Crippen molar-refractivity contribution in [2.45, 2.75) is 12.8 Å². The topological polar surface area (TPSA) is 39.7 Å². The number of hydrogen-bond acceptors (Lipinski definition) is 5. The smallest absolute Gasteiger partial charge is 0.246 e. The highest BCUT2D eigenvalue weighted by atomic mass is 32.1. The minimum atomic E-state index is 0.139. The lowest BCUT2D eigenvalue weighted by Gasteiger charge is -2.35. The first-order valence-corrected chi connectivity index (χ1v) is 12.4. The van der Waals surface area contributed by atoms with Crippen LogP contribution in [-0.2, 0) is 4.79 Å². The van der Waals surface area contributed by atoms with Crippen molar-refractivity contribution < 1.29 is 4.79 Å². The Hall–Kier alpha value is -2.70. The number of benzene rings is 2. The number of nitrogens with zero attached hydrogens (tertiary/aromatic N) is 4. The van der Waals surface area contributed by atoms with E-state index in [9.17, 15) is 4.79 Å². The van der Waals surface area contributed by atoms with Crippen LogP contribution < -0.4 is 4.90 Å². The third-order valence-corrected chi connectivity index (χ3v) is 7.52. The van der Waals surface area contributed by atoms with Crippen molar-refractivity contribution >= 4 is 39.4 Å². The van der Waals surface area contributed by atoms with E-state index in [4.69, 9.17) is 4.37 Å². The number of fused-ring (bicyclic) bond motifs is 1. The van der Waals surface area contributed by atoms with Crippen LogP contribution in [0.1, 0.15) is 18.4 Å². The molecule has 1 aromatic heterocycles. The summed E-state index contributed by atoms with van der Waals surface area (Å²) in [7, 11) is 0. The van der Waals surface area contributed by atoms with Crippen LogP contribution in [0.5, 0.6) is 0 Å². The third-order valence-electron chi connectivity index (χ3n) is 6.70. The van der Waals surface area contributed by atoms with E-state index in [0.717, 1.165) is 63.6 Å². The van der Waals surface area contributed by atoms with E-state index >= 15 is 0 Å². The first kappa shape index (κ1) is 21.2. The predicted octanol–water partition coefficient (Wildman–Crippen LogP) is 4.37. The number of amides is 1. The van der Waals surface area contributed by atoms with Crippen molar-refractivity contribution in [3.05, 3.63) is 66.2 Å². The second-order valence-electron chi connectivity index (χ2n) is 8.80. The Labute approximate surface area is 194 Å². The van der Waals surface area contributed by atoms with Crippen molar-refractivity contribution in [2.75, 3.05) is 50.7 Å². The van der Waals surface area contributed by atoms with E-state index in [0.29, 0.717) is 5.92 Å². The first-order valence-electron chi connectivity index (χ1n) is 11.6. The molecule has 0 radical (unpaired) electrons. The Morgan fingerprint density at radius 3 is 2.62 bits per heavy atom. The summed E-state index contributed by atoms with van der Waals surface area (Å²) in [6, 6.07) is 18.5. The van der Waals surface area contributed by atoms with Gasteiger partial charge < -0.3 is 9.80 Å². The molecule has 2 fully saturated rings. The Morgan fingerprint density at radius 2 is 1.78 bits per heavy atom. The fourth-order valence-corrected chi connectivity index (χ4v) is 5.55. The summed E-state index contributed by atoms with van der Waals surface area (Å²) in [4.78, 5) is 19.5. The minimum absolute atomic E-state index is 0.139. The van der Waals surface area contributed by atoms with Gasteiger partial charge in [-0.05, 0) is 60.6 Å². The third kappa shape index (κ3) is 4.87. The van der Waals surface area contributed by atoms with Crippen LogP contribution in [0.2, 0.25) is 0 Å². The number of anilines is 1. The first-order chi connectivity index (χ1) is 15.8. The van der Waals surface area contributed by atoms with Crippen LogP contribution in [0, 0.1) is 5.92 Å². The number of aromatic nitrogens is 1. The zero-order chi connectivity index (χ0) is 21.8. The van der Waals surface area contributed by atoms with Crippen molar-refractivity contribution in [2.24, 2.45) is 5.92 Å². The van der Waals surface area contributed by atoms with Gasteiger partial charge in [0.25, 0.3) is 0 Å². The molecule has 2 saturated heterocycles. The maximum Gasteiger partial charge on any atom is 0.246 e. The highest BCUT2D eigenvalue weighted by Crippen LogP contribution is 2.30. The van der Waals surface area contributed by atoms with Gasteiger partial charge in [0.2, 0.25) is 5.91 Å². The highest BCUT2D eigenvalue weighted by molar-refractivity contribution is 7.13. The lowest BCUT2D eigenvalue weighted by Crippen LogP contribution is -2.47. The summed E-state index contributed by atoms with van der Waals surface area (Å²) in [5.74, 6) is 1.91. The quantitative estimate of drug-likeness (QED) is 0.527. The lowest BCUT2D eigenvalue weighted by atomic mass is 10.0. The molecular weight excluding hydrogens is 416 g/mol. The van der Waals surface area contributed by atoms with E-state index in [2.05, 4.69) is 34.1 Å². The Kier molecular flexibility index (Phi) is 6.51. The highest BCUT2D eigenvalue weighted by Gasteiger charge is 2.26.